The van der Waals surface area contributed by atoms with Crippen molar-refractivity contribution in [2.45, 2.75) is 25.8 Å². The molecule has 4 nitrogen and oxygen atoms in total. The van der Waals surface area contributed by atoms with E-state index in [9.17, 15) is 0 Å². The zero-order valence-electron chi connectivity index (χ0n) is 15.4. The average molecular weight is 349 g/mol. The zero-order valence-corrected chi connectivity index (χ0v) is 15.4. The molecule has 3 aromatic rings. The molecule has 1 aromatic heterocycles. The maximum atomic E-state index is 5.43. The Balaban J connectivity index is 1.49. The number of rotatable bonds is 6. The molecule has 1 aliphatic rings. The molecule has 4 rings (SSSR count). The molecule has 0 saturated carbocycles. The lowest BCUT2D eigenvalue weighted by Gasteiger charge is -2.27. The van der Waals surface area contributed by atoms with Crippen LogP contribution in [0.5, 0.6) is 0 Å². The highest BCUT2D eigenvalue weighted by molar-refractivity contribution is 6.07. The standard InChI is InChI=1S/C22H27N3O/c1-17(7-6-12-25-13-15-26-16-14-25)23-22-18-8-2-4-10-20(18)24-21-11-5-3-9-19(21)22/h2-5,8-11,17H,6-7,12-16H2,1H3,(H,23,24). The number of aromatic nitrogens is 1. The van der Waals surface area contributed by atoms with E-state index in [0.717, 1.165) is 50.3 Å². The van der Waals surface area contributed by atoms with Crippen molar-refractivity contribution in [3.05, 3.63) is 48.5 Å². The Morgan fingerprint density at radius 2 is 1.62 bits per heavy atom. The Bertz CT molecular complexity index is 820. The maximum absolute atomic E-state index is 5.43. The first-order valence-corrected chi connectivity index (χ1v) is 9.65. The number of hydrogen-bond donors (Lipinski definition) is 1. The second-order valence-corrected chi connectivity index (χ2v) is 7.16. The van der Waals surface area contributed by atoms with Crippen LogP contribution in [0, 0.1) is 0 Å². The molecule has 1 unspecified atom stereocenters. The molecular weight excluding hydrogens is 322 g/mol. The zero-order chi connectivity index (χ0) is 17.8. The number of benzene rings is 2. The van der Waals surface area contributed by atoms with Gasteiger partial charge in [-0.1, -0.05) is 36.4 Å². The molecule has 2 heterocycles. The Hall–Kier alpha value is -2.17. The van der Waals surface area contributed by atoms with E-state index in [4.69, 9.17) is 9.72 Å². The third-order valence-corrected chi connectivity index (χ3v) is 5.19. The topological polar surface area (TPSA) is 37.4 Å². The number of para-hydroxylation sites is 2. The fourth-order valence-electron chi connectivity index (χ4n) is 3.76. The molecule has 26 heavy (non-hydrogen) atoms. The van der Waals surface area contributed by atoms with E-state index in [1.807, 2.05) is 0 Å². The molecular formula is C22H27N3O. The summed E-state index contributed by atoms with van der Waals surface area (Å²) in [6, 6.07) is 17.2. The van der Waals surface area contributed by atoms with Gasteiger partial charge in [-0.2, -0.15) is 0 Å². The fraction of sp³-hybridized carbons (Fsp3) is 0.409. The van der Waals surface area contributed by atoms with Crippen LogP contribution in [0.2, 0.25) is 0 Å². The predicted octanol–water partition coefficient (Wildman–Crippen LogP) is 4.30. The molecule has 1 N–H and O–H groups in total. The molecule has 1 fully saturated rings. The Morgan fingerprint density at radius 3 is 2.27 bits per heavy atom. The summed E-state index contributed by atoms with van der Waals surface area (Å²) in [7, 11) is 0. The van der Waals surface area contributed by atoms with Gasteiger partial charge in [-0.25, -0.2) is 4.98 Å². The summed E-state index contributed by atoms with van der Waals surface area (Å²) in [5.74, 6) is 0. The summed E-state index contributed by atoms with van der Waals surface area (Å²) >= 11 is 0. The number of ether oxygens (including phenoxy) is 1. The van der Waals surface area contributed by atoms with Crippen LogP contribution in [0.15, 0.2) is 48.5 Å². The fourth-order valence-corrected chi connectivity index (χ4v) is 3.76. The number of morpholine rings is 1. The Morgan fingerprint density at radius 1 is 1.00 bits per heavy atom. The van der Waals surface area contributed by atoms with Crippen molar-refractivity contribution in [1.82, 2.24) is 9.88 Å². The molecule has 0 bridgehead atoms. The summed E-state index contributed by atoms with van der Waals surface area (Å²) in [5, 5.41) is 6.18. The molecule has 0 aliphatic carbocycles. The van der Waals surface area contributed by atoms with Crippen LogP contribution in [-0.4, -0.2) is 48.8 Å². The van der Waals surface area contributed by atoms with Gasteiger partial charge in [0.2, 0.25) is 0 Å². The highest BCUT2D eigenvalue weighted by Crippen LogP contribution is 2.31. The van der Waals surface area contributed by atoms with E-state index in [-0.39, 0.29) is 0 Å². The van der Waals surface area contributed by atoms with Crippen LogP contribution in [0.1, 0.15) is 19.8 Å². The summed E-state index contributed by atoms with van der Waals surface area (Å²) in [5.41, 5.74) is 3.31. The first kappa shape index (κ1) is 17.3. The van der Waals surface area contributed by atoms with Gasteiger partial charge in [-0.05, 0) is 38.4 Å². The van der Waals surface area contributed by atoms with Crippen molar-refractivity contribution < 1.29 is 4.74 Å². The van der Waals surface area contributed by atoms with Crippen LogP contribution in [0.3, 0.4) is 0 Å². The minimum absolute atomic E-state index is 0.422. The van der Waals surface area contributed by atoms with Gasteiger partial charge >= 0.3 is 0 Å². The molecule has 0 spiro atoms. The van der Waals surface area contributed by atoms with Gasteiger partial charge in [0.1, 0.15) is 0 Å². The molecule has 2 aromatic carbocycles. The van der Waals surface area contributed by atoms with Crippen molar-refractivity contribution >= 4 is 27.5 Å². The van der Waals surface area contributed by atoms with E-state index in [1.54, 1.807) is 0 Å². The van der Waals surface area contributed by atoms with Crippen LogP contribution < -0.4 is 5.32 Å². The first-order valence-electron chi connectivity index (χ1n) is 9.65. The molecule has 0 amide bonds. The Labute approximate surface area is 155 Å². The van der Waals surface area contributed by atoms with Gasteiger partial charge in [-0.3, -0.25) is 4.90 Å². The normalized spacial score (nSPS) is 16.8. The third-order valence-electron chi connectivity index (χ3n) is 5.19. The van der Waals surface area contributed by atoms with Crippen LogP contribution in [-0.2, 0) is 4.74 Å². The SMILES string of the molecule is CC(CCCN1CCOCC1)Nc1c2ccccc2nc2ccccc12. The van der Waals surface area contributed by atoms with Crippen LogP contribution >= 0.6 is 0 Å². The van der Waals surface area contributed by atoms with Gasteiger partial charge in [0.15, 0.2) is 0 Å². The number of nitrogens with one attached hydrogen (secondary N) is 1. The van der Waals surface area contributed by atoms with Crippen LogP contribution in [0.25, 0.3) is 21.8 Å². The third kappa shape index (κ3) is 3.81. The Kier molecular flexibility index (Phi) is 5.32. The van der Waals surface area contributed by atoms with Crippen molar-refractivity contribution in [1.29, 1.82) is 0 Å². The van der Waals surface area contributed by atoms with E-state index in [1.165, 1.54) is 22.9 Å². The largest absolute Gasteiger partial charge is 0.381 e. The monoisotopic (exact) mass is 349 g/mol. The maximum Gasteiger partial charge on any atom is 0.0730 e. The quantitative estimate of drug-likeness (QED) is 0.673. The lowest BCUT2D eigenvalue weighted by molar-refractivity contribution is 0.0371. The van der Waals surface area contributed by atoms with Crippen molar-refractivity contribution in [3.8, 4) is 0 Å². The summed E-state index contributed by atoms with van der Waals surface area (Å²) in [6.07, 6.45) is 2.36. The smallest absolute Gasteiger partial charge is 0.0730 e. The van der Waals surface area contributed by atoms with Gasteiger partial charge in [0.05, 0.1) is 29.9 Å². The van der Waals surface area contributed by atoms with E-state index < -0.39 is 0 Å². The molecule has 1 aliphatic heterocycles. The first-order chi connectivity index (χ1) is 12.8. The van der Waals surface area contributed by atoms with E-state index >= 15 is 0 Å². The van der Waals surface area contributed by atoms with Crippen LogP contribution in [0.4, 0.5) is 5.69 Å². The average Bonchev–Trinajstić information content (AvgIpc) is 2.68. The van der Waals surface area contributed by atoms with Crippen molar-refractivity contribution in [3.63, 3.8) is 0 Å². The minimum atomic E-state index is 0.422. The molecule has 1 saturated heterocycles. The summed E-state index contributed by atoms with van der Waals surface area (Å²) in [4.78, 5) is 7.32. The highest BCUT2D eigenvalue weighted by atomic mass is 16.5. The second kappa shape index (κ2) is 8.02. The highest BCUT2D eigenvalue weighted by Gasteiger charge is 2.13. The molecule has 4 heteroatoms. The van der Waals surface area contributed by atoms with Crippen molar-refractivity contribution in [2.75, 3.05) is 38.2 Å². The minimum Gasteiger partial charge on any atom is -0.381 e. The van der Waals surface area contributed by atoms with Gasteiger partial charge in [0.25, 0.3) is 0 Å². The number of fused-ring (bicyclic) bond motifs is 2. The van der Waals surface area contributed by atoms with Gasteiger partial charge < -0.3 is 10.1 Å². The number of pyridine rings is 1. The number of nitrogens with zero attached hydrogens (tertiary/aromatic N) is 2. The van der Waals surface area contributed by atoms with Crippen molar-refractivity contribution in [2.24, 2.45) is 0 Å². The van der Waals surface area contributed by atoms with E-state index in [0.29, 0.717) is 6.04 Å². The van der Waals surface area contributed by atoms with E-state index in [2.05, 4.69) is 65.7 Å². The molecule has 1 atom stereocenters. The molecule has 0 radical (unpaired) electrons. The number of anilines is 1. The lowest BCUT2D eigenvalue weighted by Crippen LogP contribution is -2.37. The second-order valence-electron chi connectivity index (χ2n) is 7.16. The lowest BCUT2D eigenvalue weighted by atomic mass is 10.1. The molecule has 136 valence electrons. The predicted molar refractivity (Wildman–Crippen MR) is 109 cm³/mol. The summed E-state index contributed by atoms with van der Waals surface area (Å²) < 4.78 is 5.43. The van der Waals surface area contributed by atoms with Gasteiger partial charge in [-0.15, -0.1) is 0 Å². The number of hydrogen-bond acceptors (Lipinski definition) is 4. The van der Waals surface area contributed by atoms with Gasteiger partial charge in [0, 0.05) is 29.9 Å². The summed E-state index contributed by atoms with van der Waals surface area (Å²) in [6.45, 7) is 7.34.